The molecule has 10 heteroatoms. The minimum Gasteiger partial charge on any atom is -0.453 e. The van der Waals surface area contributed by atoms with Crippen molar-refractivity contribution in [2.24, 2.45) is 7.05 Å². The smallest absolute Gasteiger partial charge is 0.409 e. The van der Waals surface area contributed by atoms with Gasteiger partial charge in [0.25, 0.3) is 10.0 Å². The third-order valence-corrected chi connectivity index (χ3v) is 5.20. The Morgan fingerprint density at radius 3 is 2.40 bits per heavy atom. The number of nitrogen functional groups attached to an aromatic ring is 1. The first kappa shape index (κ1) is 14.6. The molecule has 1 aromatic rings. The Morgan fingerprint density at radius 1 is 1.35 bits per heavy atom. The van der Waals surface area contributed by atoms with Crippen molar-refractivity contribution in [1.82, 2.24) is 18.8 Å². The van der Waals surface area contributed by atoms with Crippen molar-refractivity contribution in [3.05, 3.63) is 6.33 Å². The number of hydrogen-bond donors (Lipinski definition) is 1. The largest absolute Gasteiger partial charge is 0.453 e. The van der Waals surface area contributed by atoms with Gasteiger partial charge in [0, 0.05) is 33.2 Å². The number of nitrogens with zero attached hydrogens (tertiary/aromatic N) is 4. The number of rotatable bonds is 2. The van der Waals surface area contributed by atoms with Crippen LogP contribution in [0.4, 0.5) is 10.6 Å². The van der Waals surface area contributed by atoms with Gasteiger partial charge in [-0.25, -0.2) is 18.2 Å². The molecule has 0 aromatic carbocycles. The SMILES string of the molecule is COC(=O)N1CCN(S(=O)(=O)c2c(N)ncn2C)CC1. The number of anilines is 1. The molecule has 1 aromatic heterocycles. The molecule has 112 valence electrons. The number of piperazine rings is 1. The number of methoxy groups -OCH3 is 1. The monoisotopic (exact) mass is 303 g/mol. The van der Waals surface area contributed by atoms with Gasteiger partial charge in [-0.1, -0.05) is 0 Å². The zero-order chi connectivity index (χ0) is 14.9. The van der Waals surface area contributed by atoms with Crippen LogP contribution < -0.4 is 5.73 Å². The van der Waals surface area contributed by atoms with Gasteiger partial charge in [0.1, 0.15) is 0 Å². The maximum Gasteiger partial charge on any atom is 0.409 e. The molecule has 0 radical (unpaired) electrons. The molecule has 2 N–H and O–H groups in total. The molecule has 1 aliphatic rings. The van der Waals surface area contributed by atoms with Crippen molar-refractivity contribution in [1.29, 1.82) is 0 Å². The standard InChI is InChI=1S/C10H17N5O4S/c1-13-7-12-8(11)9(13)20(17,18)15-5-3-14(4-6-15)10(16)19-2/h7H,3-6,11H2,1-2H3. The first-order valence-corrected chi connectivity index (χ1v) is 7.41. The third-order valence-electron chi connectivity index (χ3n) is 3.17. The summed E-state index contributed by atoms with van der Waals surface area (Å²) in [6, 6.07) is 0. The minimum absolute atomic E-state index is 0.0241. The lowest BCUT2D eigenvalue weighted by atomic mass is 10.4. The lowest BCUT2D eigenvalue weighted by molar-refractivity contribution is 0.107. The molecule has 9 nitrogen and oxygen atoms in total. The van der Waals surface area contributed by atoms with Gasteiger partial charge in [0.2, 0.25) is 0 Å². The summed E-state index contributed by atoms with van der Waals surface area (Å²) < 4.78 is 32.2. The summed E-state index contributed by atoms with van der Waals surface area (Å²) in [5.41, 5.74) is 5.61. The molecule has 1 amide bonds. The van der Waals surface area contributed by atoms with Crippen LogP contribution in [-0.2, 0) is 21.8 Å². The second-order valence-corrected chi connectivity index (χ2v) is 6.26. The molecular formula is C10H17N5O4S. The quantitative estimate of drug-likeness (QED) is 0.756. The van der Waals surface area contributed by atoms with E-state index in [1.54, 1.807) is 7.05 Å². The number of amides is 1. The van der Waals surface area contributed by atoms with Crippen LogP contribution in [0.15, 0.2) is 11.4 Å². The molecule has 0 unspecified atom stereocenters. The van der Waals surface area contributed by atoms with Crippen LogP contribution in [0.5, 0.6) is 0 Å². The zero-order valence-corrected chi connectivity index (χ0v) is 12.1. The number of aromatic nitrogens is 2. The maximum atomic E-state index is 12.5. The van der Waals surface area contributed by atoms with E-state index in [1.807, 2.05) is 0 Å². The van der Waals surface area contributed by atoms with E-state index in [0.717, 1.165) is 0 Å². The van der Waals surface area contributed by atoms with Crippen molar-refractivity contribution < 1.29 is 17.9 Å². The van der Waals surface area contributed by atoms with Gasteiger partial charge >= 0.3 is 6.09 Å². The molecule has 0 spiro atoms. The number of hydrogen-bond acceptors (Lipinski definition) is 6. The molecule has 0 aliphatic carbocycles. The van der Waals surface area contributed by atoms with Crippen molar-refractivity contribution >= 4 is 21.9 Å². The molecule has 1 fully saturated rings. The fourth-order valence-electron chi connectivity index (χ4n) is 2.11. The molecule has 0 bridgehead atoms. The van der Waals surface area contributed by atoms with Crippen molar-refractivity contribution in [3.63, 3.8) is 0 Å². The Labute approximate surface area is 117 Å². The normalized spacial score (nSPS) is 17.2. The number of sulfonamides is 1. The van der Waals surface area contributed by atoms with E-state index >= 15 is 0 Å². The summed E-state index contributed by atoms with van der Waals surface area (Å²) in [5, 5.41) is -0.0241. The van der Waals surface area contributed by atoms with Gasteiger partial charge in [-0.15, -0.1) is 0 Å². The van der Waals surface area contributed by atoms with Gasteiger partial charge in [-0.05, 0) is 0 Å². The van der Waals surface area contributed by atoms with Crippen LogP contribution in [0, 0.1) is 0 Å². The summed E-state index contributed by atoms with van der Waals surface area (Å²) >= 11 is 0. The fourth-order valence-corrected chi connectivity index (χ4v) is 3.73. The Bertz CT molecular complexity index is 584. The highest BCUT2D eigenvalue weighted by Crippen LogP contribution is 2.21. The first-order chi connectivity index (χ1) is 9.37. The highest BCUT2D eigenvalue weighted by atomic mass is 32.2. The number of imidazole rings is 1. The highest BCUT2D eigenvalue weighted by molar-refractivity contribution is 7.89. The third kappa shape index (κ3) is 2.43. The number of aryl methyl sites for hydroxylation is 1. The van der Waals surface area contributed by atoms with E-state index in [4.69, 9.17) is 5.73 Å². The van der Waals surface area contributed by atoms with E-state index in [0.29, 0.717) is 0 Å². The molecule has 2 heterocycles. The Hall–Kier alpha value is -1.81. The number of carbonyl (C=O) groups excluding carboxylic acids is 1. The van der Waals surface area contributed by atoms with Gasteiger partial charge in [0.05, 0.1) is 13.4 Å². The van der Waals surface area contributed by atoms with Gasteiger partial charge in [0.15, 0.2) is 10.8 Å². The van der Waals surface area contributed by atoms with Crippen LogP contribution >= 0.6 is 0 Å². The van der Waals surface area contributed by atoms with Gasteiger partial charge < -0.3 is 19.9 Å². The van der Waals surface area contributed by atoms with Crippen LogP contribution in [-0.4, -0.2) is 66.6 Å². The summed E-state index contributed by atoms with van der Waals surface area (Å²) in [5.74, 6) is -0.0251. The molecule has 1 saturated heterocycles. The van der Waals surface area contributed by atoms with Crippen LogP contribution in [0.3, 0.4) is 0 Å². The average molecular weight is 303 g/mol. The minimum atomic E-state index is -3.71. The summed E-state index contributed by atoms with van der Waals surface area (Å²) in [6.07, 6.45) is 0.898. The summed E-state index contributed by atoms with van der Waals surface area (Å²) in [4.78, 5) is 16.6. The Kier molecular flexibility index (Phi) is 3.86. The zero-order valence-electron chi connectivity index (χ0n) is 11.3. The summed E-state index contributed by atoms with van der Waals surface area (Å²) in [7, 11) is -0.842. The Balaban J connectivity index is 2.16. The first-order valence-electron chi connectivity index (χ1n) is 5.97. The highest BCUT2D eigenvalue weighted by Gasteiger charge is 2.33. The summed E-state index contributed by atoms with van der Waals surface area (Å²) in [6.45, 7) is 0.956. The predicted octanol–water partition coefficient (Wildman–Crippen LogP) is -0.925. The van der Waals surface area contributed by atoms with Crippen LogP contribution in [0.2, 0.25) is 0 Å². The van der Waals surface area contributed by atoms with E-state index in [2.05, 4.69) is 9.72 Å². The molecular weight excluding hydrogens is 286 g/mol. The molecule has 0 atom stereocenters. The van der Waals surface area contributed by atoms with E-state index < -0.39 is 16.1 Å². The van der Waals surface area contributed by atoms with E-state index in [9.17, 15) is 13.2 Å². The molecule has 1 aliphatic heterocycles. The number of carbonyl (C=O) groups is 1. The lowest BCUT2D eigenvalue weighted by Gasteiger charge is -2.32. The van der Waals surface area contributed by atoms with Crippen LogP contribution in [0.1, 0.15) is 0 Å². The number of nitrogens with two attached hydrogens (primary N) is 1. The molecule has 20 heavy (non-hydrogen) atoms. The topological polar surface area (TPSA) is 111 Å². The second kappa shape index (κ2) is 5.29. The van der Waals surface area contributed by atoms with Gasteiger partial charge in [-0.2, -0.15) is 4.31 Å². The van der Waals surface area contributed by atoms with Crippen molar-refractivity contribution in [2.45, 2.75) is 5.03 Å². The van der Waals surface area contributed by atoms with E-state index in [-0.39, 0.29) is 37.0 Å². The molecule has 2 rings (SSSR count). The lowest BCUT2D eigenvalue weighted by Crippen LogP contribution is -2.50. The van der Waals surface area contributed by atoms with Crippen molar-refractivity contribution in [3.8, 4) is 0 Å². The second-order valence-electron chi connectivity index (χ2n) is 4.41. The van der Waals surface area contributed by atoms with E-state index in [1.165, 1.54) is 27.2 Å². The maximum absolute atomic E-state index is 12.5. The van der Waals surface area contributed by atoms with Crippen LogP contribution in [0.25, 0.3) is 0 Å². The number of ether oxygens (including phenoxy) is 1. The van der Waals surface area contributed by atoms with Crippen molar-refractivity contribution in [2.75, 3.05) is 39.0 Å². The fraction of sp³-hybridized carbons (Fsp3) is 0.600. The van der Waals surface area contributed by atoms with Gasteiger partial charge in [-0.3, -0.25) is 0 Å². The Morgan fingerprint density at radius 2 is 1.95 bits per heavy atom. The average Bonchev–Trinajstić information content (AvgIpc) is 2.78. The predicted molar refractivity (Wildman–Crippen MR) is 70.4 cm³/mol. The molecule has 0 saturated carbocycles.